The number of rotatable bonds is 3. The molecule has 0 saturated heterocycles. The molecule has 0 N–H and O–H groups in total. The van der Waals surface area contributed by atoms with E-state index in [2.05, 4.69) is 17.1 Å². The molecule has 0 radical (unpaired) electrons. The van der Waals surface area contributed by atoms with Crippen molar-refractivity contribution in [2.24, 2.45) is 4.99 Å². The maximum Gasteiger partial charge on any atom is 0.279 e. The van der Waals surface area contributed by atoms with E-state index in [4.69, 9.17) is 0 Å². The van der Waals surface area contributed by atoms with Gasteiger partial charge in [-0.1, -0.05) is 23.5 Å². The Hall–Kier alpha value is -2.80. The van der Waals surface area contributed by atoms with Crippen molar-refractivity contribution in [2.75, 3.05) is 0 Å². The minimum absolute atomic E-state index is 0.118. The second-order valence-electron chi connectivity index (χ2n) is 5.78. The van der Waals surface area contributed by atoms with Crippen LogP contribution in [0.25, 0.3) is 10.2 Å². The third kappa shape index (κ3) is 3.23. The molecule has 6 nitrogen and oxygen atoms in total. The van der Waals surface area contributed by atoms with Crippen LogP contribution in [0, 0.1) is 24.0 Å². The molecule has 1 heterocycles. The number of thiazole rings is 1. The zero-order valence-electron chi connectivity index (χ0n) is 14.1. The van der Waals surface area contributed by atoms with Gasteiger partial charge in [0.1, 0.15) is 0 Å². The van der Waals surface area contributed by atoms with Crippen molar-refractivity contribution in [3.63, 3.8) is 0 Å². The molecule has 0 aliphatic carbocycles. The number of carbonyl (C=O) groups is 1. The van der Waals surface area contributed by atoms with Crippen LogP contribution in [-0.4, -0.2) is 15.4 Å². The first-order chi connectivity index (χ1) is 11.9. The second-order valence-corrected chi connectivity index (χ2v) is 6.76. The van der Waals surface area contributed by atoms with Crippen LogP contribution in [0.1, 0.15) is 28.4 Å². The number of nitrogens with zero attached hydrogens (tertiary/aromatic N) is 3. The lowest BCUT2D eigenvalue weighted by Gasteiger charge is -2.03. The summed E-state index contributed by atoms with van der Waals surface area (Å²) in [7, 11) is 0. The first kappa shape index (κ1) is 17.0. The summed E-state index contributed by atoms with van der Waals surface area (Å²) in [5, 5.41) is 10.9. The van der Waals surface area contributed by atoms with Crippen LogP contribution in [0.2, 0.25) is 0 Å². The molecule has 0 aliphatic heterocycles. The number of hydrogen-bond donors (Lipinski definition) is 0. The van der Waals surface area contributed by atoms with Crippen molar-refractivity contribution in [1.82, 2.24) is 4.57 Å². The highest BCUT2D eigenvalue weighted by molar-refractivity contribution is 7.16. The smallest absolute Gasteiger partial charge is 0.279 e. The summed E-state index contributed by atoms with van der Waals surface area (Å²) in [5.74, 6) is -0.480. The quantitative estimate of drug-likeness (QED) is 0.526. The molecule has 0 atom stereocenters. The normalized spacial score (nSPS) is 11.9. The van der Waals surface area contributed by atoms with E-state index in [1.807, 2.05) is 25.3 Å². The summed E-state index contributed by atoms with van der Waals surface area (Å²) in [4.78, 5) is 27.7. The summed E-state index contributed by atoms with van der Waals surface area (Å²) in [5.41, 5.74) is 3.44. The van der Waals surface area contributed by atoms with E-state index in [9.17, 15) is 14.9 Å². The van der Waals surface area contributed by atoms with Crippen LogP contribution in [0.4, 0.5) is 5.69 Å². The molecule has 3 aromatic rings. The molecule has 1 amide bonds. The van der Waals surface area contributed by atoms with Crippen LogP contribution in [0.3, 0.4) is 0 Å². The first-order valence-corrected chi connectivity index (χ1v) is 8.66. The van der Waals surface area contributed by atoms with Crippen LogP contribution in [-0.2, 0) is 6.54 Å². The Labute approximate surface area is 148 Å². The molecule has 128 valence electrons. The standard InChI is InChI=1S/C18H17N3O3S/c1-4-20-15-9-11(2)8-12(3)16(15)25-18(20)19-17(22)13-6-5-7-14(10-13)21(23)24/h5-10H,4H2,1-3H3. The SMILES string of the molecule is CCn1c(=NC(=O)c2cccc([N+](=O)[O-])c2)sc2c(C)cc(C)cc21. The van der Waals surface area contributed by atoms with Crippen molar-refractivity contribution >= 4 is 33.1 Å². The Morgan fingerprint density at radius 2 is 2.04 bits per heavy atom. The molecule has 25 heavy (non-hydrogen) atoms. The van der Waals surface area contributed by atoms with Gasteiger partial charge in [0, 0.05) is 24.2 Å². The van der Waals surface area contributed by atoms with Gasteiger partial charge >= 0.3 is 0 Å². The molecule has 0 bridgehead atoms. The zero-order valence-corrected chi connectivity index (χ0v) is 15.0. The molecular formula is C18H17N3O3S. The van der Waals surface area contributed by atoms with E-state index in [-0.39, 0.29) is 11.3 Å². The van der Waals surface area contributed by atoms with Crippen LogP contribution in [0.15, 0.2) is 41.4 Å². The number of carbonyl (C=O) groups excluding carboxylic acids is 1. The monoisotopic (exact) mass is 355 g/mol. The largest absolute Gasteiger partial charge is 0.317 e. The van der Waals surface area contributed by atoms with Crippen molar-refractivity contribution in [3.05, 3.63) is 68.0 Å². The Morgan fingerprint density at radius 3 is 2.72 bits per heavy atom. The lowest BCUT2D eigenvalue weighted by atomic mass is 10.1. The molecule has 7 heteroatoms. The van der Waals surface area contributed by atoms with Crippen molar-refractivity contribution in [3.8, 4) is 0 Å². The number of aryl methyl sites for hydroxylation is 3. The van der Waals surface area contributed by atoms with Gasteiger partial charge < -0.3 is 4.57 Å². The highest BCUT2D eigenvalue weighted by Gasteiger charge is 2.13. The van der Waals surface area contributed by atoms with E-state index >= 15 is 0 Å². The summed E-state index contributed by atoms with van der Waals surface area (Å²) in [6.45, 7) is 6.76. The van der Waals surface area contributed by atoms with Gasteiger partial charge in [0.15, 0.2) is 4.80 Å². The number of benzene rings is 2. The van der Waals surface area contributed by atoms with Crippen LogP contribution >= 0.6 is 11.3 Å². The van der Waals surface area contributed by atoms with E-state index in [1.54, 1.807) is 0 Å². The highest BCUT2D eigenvalue weighted by Crippen LogP contribution is 2.23. The maximum absolute atomic E-state index is 12.5. The number of nitro benzene ring substituents is 1. The Balaban J connectivity index is 2.15. The fourth-order valence-electron chi connectivity index (χ4n) is 2.81. The zero-order chi connectivity index (χ0) is 18.1. The third-order valence-corrected chi connectivity index (χ3v) is 5.16. The van der Waals surface area contributed by atoms with E-state index in [0.29, 0.717) is 11.3 Å². The number of fused-ring (bicyclic) bond motifs is 1. The number of nitro groups is 1. The van der Waals surface area contributed by atoms with Crippen LogP contribution < -0.4 is 4.80 Å². The summed E-state index contributed by atoms with van der Waals surface area (Å²) < 4.78 is 3.09. The molecule has 2 aromatic carbocycles. The molecule has 3 rings (SSSR count). The Kier molecular flexibility index (Phi) is 4.50. The minimum Gasteiger partial charge on any atom is -0.317 e. The van der Waals surface area contributed by atoms with Crippen molar-refractivity contribution in [2.45, 2.75) is 27.3 Å². The molecule has 0 aliphatic rings. The lowest BCUT2D eigenvalue weighted by molar-refractivity contribution is -0.384. The second kappa shape index (κ2) is 6.60. The van der Waals surface area contributed by atoms with Gasteiger partial charge in [-0.05, 0) is 44.0 Å². The highest BCUT2D eigenvalue weighted by atomic mass is 32.1. The molecular weight excluding hydrogens is 338 g/mol. The number of non-ortho nitro benzene ring substituents is 1. The molecule has 0 spiro atoms. The maximum atomic E-state index is 12.5. The summed E-state index contributed by atoms with van der Waals surface area (Å²) >= 11 is 1.46. The van der Waals surface area contributed by atoms with Gasteiger partial charge in [-0.3, -0.25) is 14.9 Å². The number of amides is 1. The van der Waals surface area contributed by atoms with E-state index in [1.165, 1.54) is 35.6 Å². The van der Waals surface area contributed by atoms with Gasteiger partial charge in [0.05, 0.1) is 15.1 Å². The predicted octanol–water partition coefficient (Wildman–Crippen LogP) is 3.99. The van der Waals surface area contributed by atoms with Crippen molar-refractivity contribution in [1.29, 1.82) is 0 Å². The summed E-state index contributed by atoms with van der Waals surface area (Å²) in [6.07, 6.45) is 0. The average molecular weight is 355 g/mol. The van der Waals surface area contributed by atoms with Gasteiger partial charge in [-0.2, -0.15) is 4.99 Å². The lowest BCUT2D eigenvalue weighted by Crippen LogP contribution is -2.16. The van der Waals surface area contributed by atoms with Gasteiger partial charge in [0.2, 0.25) is 0 Å². The molecule has 0 fully saturated rings. The van der Waals surface area contributed by atoms with Crippen LogP contribution in [0.5, 0.6) is 0 Å². The molecule has 0 saturated carbocycles. The number of aromatic nitrogens is 1. The average Bonchev–Trinajstić information content (AvgIpc) is 2.92. The predicted molar refractivity (Wildman–Crippen MR) is 98.0 cm³/mol. The first-order valence-electron chi connectivity index (χ1n) is 7.84. The molecule has 0 unspecified atom stereocenters. The third-order valence-electron chi connectivity index (χ3n) is 3.93. The Bertz CT molecular complexity index is 1060. The fraction of sp³-hybridized carbons (Fsp3) is 0.222. The number of hydrogen-bond acceptors (Lipinski definition) is 4. The van der Waals surface area contributed by atoms with E-state index < -0.39 is 10.8 Å². The van der Waals surface area contributed by atoms with Gasteiger partial charge in [0.25, 0.3) is 11.6 Å². The van der Waals surface area contributed by atoms with E-state index in [0.717, 1.165) is 21.3 Å². The van der Waals surface area contributed by atoms with Crippen molar-refractivity contribution < 1.29 is 9.72 Å². The Morgan fingerprint density at radius 1 is 1.28 bits per heavy atom. The molecule has 1 aromatic heterocycles. The fourth-order valence-corrected chi connectivity index (χ4v) is 3.95. The van der Waals surface area contributed by atoms with Gasteiger partial charge in [-0.15, -0.1) is 0 Å². The topological polar surface area (TPSA) is 77.5 Å². The minimum atomic E-state index is -0.519. The summed E-state index contributed by atoms with van der Waals surface area (Å²) in [6, 6.07) is 9.83. The van der Waals surface area contributed by atoms with Gasteiger partial charge in [-0.25, -0.2) is 0 Å².